The van der Waals surface area contributed by atoms with Crippen LogP contribution in [0.4, 0.5) is 5.69 Å². The lowest BCUT2D eigenvalue weighted by atomic mass is 9.99. The summed E-state index contributed by atoms with van der Waals surface area (Å²) in [6, 6.07) is 9.97. The van der Waals surface area contributed by atoms with Gasteiger partial charge in [-0.1, -0.05) is 37.3 Å². The molecule has 1 aliphatic carbocycles. The van der Waals surface area contributed by atoms with E-state index in [-0.39, 0.29) is 11.9 Å². The van der Waals surface area contributed by atoms with E-state index in [2.05, 4.69) is 29.3 Å². The highest BCUT2D eigenvalue weighted by Crippen LogP contribution is 2.20. The molecule has 0 bridgehead atoms. The smallest absolute Gasteiger partial charge is 0.241 e. The van der Waals surface area contributed by atoms with Crippen LogP contribution in [0.5, 0.6) is 0 Å². The first kappa shape index (κ1) is 15.8. The average Bonchev–Trinajstić information content (AvgIpc) is 2.53. The van der Waals surface area contributed by atoms with Crippen LogP contribution in [0.2, 0.25) is 0 Å². The Bertz CT molecular complexity index is 469. The summed E-state index contributed by atoms with van der Waals surface area (Å²) >= 11 is 0. The summed E-state index contributed by atoms with van der Waals surface area (Å²) in [6.07, 6.45) is 9.12. The summed E-state index contributed by atoms with van der Waals surface area (Å²) in [5, 5.41) is 3.01. The maximum Gasteiger partial charge on any atom is 0.241 e. The molecule has 1 N–H and O–H groups in total. The van der Waals surface area contributed by atoms with Gasteiger partial charge in [0, 0.05) is 11.7 Å². The number of carbonyl (C=O) groups excluding carboxylic acids is 1. The second-order valence-electron chi connectivity index (χ2n) is 5.70. The topological polar surface area (TPSA) is 32.3 Å². The number of rotatable bonds is 6. The Morgan fingerprint density at radius 2 is 2.14 bits per heavy atom. The van der Waals surface area contributed by atoms with Gasteiger partial charge in [-0.2, -0.15) is 0 Å². The molecule has 2 atom stereocenters. The van der Waals surface area contributed by atoms with Crippen molar-refractivity contribution in [2.24, 2.45) is 0 Å². The highest BCUT2D eigenvalue weighted by Gasteiger charge is 2.26. The molecule has 0 saturated carbocycles. The fraction of sp³-hybridized carbons (Fsp3) is 0.500. The van der Waals surface area contributed by atoms with Crippen LogP contribution in [0, 0.1) is 0 Å². The first-order valence-corrected chi connectivity index (χ1v) is 8.00. The normalized spacial score (nSPS) is 19.5. The van der Waals surface area contributed by atoms with Gasteiger partial charge in [0.25, 0.3) is 0 Å². The summed E-state index contributed by atoms with van der Waals surface area (Å²) in [7, 11) is 0. The van der Waals surface area contributed by atoms with E-state index in [1.807, 2.05) is 37.3 Å². The van der Waals surface area contributed by atoms with E-state index < -0.39 is 0 Å². The van der Waals surface area contributed by atoms with E-state index in [1.165, 1.54) is 12.8 Å². The molecule has 3 heteroatoms. The van der Waals surface area contributed by atoms with Crippen molar-refractivity contribution in [2.45, 2.75) is 51.6 Å². The molecule has 0 spiro atoms. The number of carbonyl (C=O) groups is 1. The van der Waals surface area contributed by atoms with Gasteiger partial charge in [0.05, 0.1) is 6.04 Å². The molecular formula is C18H26N2O. The second kappa shape index (κ2) is 7.99. The van der Waals surface area contributed by atoms with Crippen LogP contribution in [-0.4, -0.2) is 29.4 Å². The van der Waals surface area contributed by atoms with Crippen LogP contribution >= 0.6 is 0 Å². The Labute approximate surface area is 128 Å². The van der Waals surface area contributed by atoms with Crippen LogP contribution in [0.25, 0.3) is 0 Å². The third kappa shape index (κ3) is 4.43. The number of amides is 1. The van der Waals surface area contributed by atoms with Gasteiger partial charge in [-0.15, -0.1) is 0 Å². The Balaban J connectivity index is 2.03. The Hall–Kier alpha value is -1.61. The van der Waals surface area contributed by atoms with E-state index in [0.29, 0.717) is 6.04 Å². The van der Waals surface area contributed by atoms with Crippen LogP contribution in [-0.2, 0) is 4.79 Å². The Kier molecular flexibility index (Phi) is 6.00. The number of allylic oxidation sites excluding steroid dienone is 1. The molecule has 1 amide bonds. The van der Waals surface area contributed by atoms with Crippen LogP contribution in [0.3, 0.4) is 0 Å². The molecule has 1 aromatic rings. The van der Waals surface area contributed by atoms with Gasteiger partial charge in [0.1, 0.15) is 0 Å². The molecule has 1 aromatic carbocycles. The average molecular weight is 286 g/mol. The van der Waals surface area contributed by atoms with Gasteiger partial charge >= 0.3 is 0 Å². The highest BCUT2D eigenvalue weighted by molar-refractivity contribution is 5.94. The molecular weight excluding hydrogens is 260 g/mol. The van der Waals surface area contributed by atoms with Gasteiger partial charge in [0.2, 0.25) is 5.91 Å². The van der Waals surface area contributed by atoms with Gasteiger partial charge in [-0.05, 0) is 51.3 Å². The summed E-state index contributed by atoms with van der Waals surface area (Å²) in [5.41, 5.74) is 0.866. The van der Waals surface area contributed by atoms with Crippen molar-refractivity contribution in [3.8, 4) is 0 Å². The second-order valence-corrected chi connectivity index (χ2v) is 5.70. The molecule has 0 saturated heterocycles. The van der Waals surface area contributed by atoms with Crippen LogP contribution < -0.4 is 5.32 Å². The number of nitrogens with one attached hydrogen (secondary N) is 1. The fourth-order valence-corrected chi connectivity index (χ4v) is 2.89. The summed E-state index contributed by atoms with van der Waals surface area (Å²) in [6.45, 7) is 5.14. The Morgan fingerprint density at radius 1 is 1.38 bits per heavy atom. The van der Waals surface area contributed by atoms with E-state index >= 15 is 0 Å². The van der Waals surface area contributed by atoms with Gasteiger partial charge in [0.15, 0.2) is 0 Å². The van der Waals surface area contributed by atoms with E-state index in [0.717, 1.165) is 25.1 Å². The van der Waals surface area contributed by atoms with Gasteiger partial charge in [-0.25, -0.2) is 0 Å². The minimum atomic E-state index is -0.113. The van der Waals surface area contributed by atoms with Crippen LogP contribution in [0.15, 0.2) is 42.5 Å². The van der Waals surface area contributed by atoms with Crippen LogP contribution in [0.1, 0.15) is 39.5 Å². The quantitative estimate of drug-likeness (QED) is 0.806. The molecule has 114 valence electrons. The molecule has 0 radical (unpaired) electrons. The molecule has 3 nitrogen and oxygen atoms in total. The summed E-state index contributed by atoms with van der Waals surface area (Å²) in [5.74, 6) is 0.0774. The maximum absolute atomic E-state index is 12.5. The monoisotopic (exact) mass is 286 g/mol. The predicted octanol–water partition coefficient (Wildman–Crippen LogP) is 3.83. The minimum absolute atomic E-state index is 0.0774. The van der Waals surface area contributed by atoms with Crippen molar-refractivity contribution >= 4 is 11.6 Å². The number of para-hydroxylation sites is 1. The van der Waals surface area contributed by atoms with Crippen molar-refractivity contribution < 1.29 is 4.79 Å². The molecule has 2 rings (SSSR count). The number of hydrogen-bond donors (Lipinski definition) is 1. The molecule has 0 aliphatic heterocycles. The standard InChI is InChI=1S/C18H26N2O/c1-3-14-20(17-12-8-5-9-13-17)15(2)18(21)19-16-10-6-4-7-11-16/h4,6-8,10-12,15,17H,3,5,9,13-14H2,1-2H3,(H,19,21). The number of benzene rings is 1. The Morgan fingerprint density at radius 3 is 2.76 bits per heavy atom. The molecule has 0 aromatic heterocycles. The first-order chi connectivity index (χ1) is 10.2. The van der Waals surface area contributed by atoms with E-state index in [1.54, 1.807) is 0 Å². The zero-order chi connectivity index (χ0) is 15.1. The molecule has 2 unspecified atom stereocenters. The van der Waals surface area contributed by atoms with Gasteiger partial charge < -0.3 is 5.32 Å². The van der Waals surface area contributed by atoms with Crippen molar-refractivity contribution in [2.75, 3.05) is 11.9 Å². The molecule has 1 aliphatic rings. The maximum atomic E-state index is 12.5. The zero-order valence-corrected chi connectivity index (χ0v) is 13.1. The molecule has 0 fully saturated rings. The lowest BCUT2D eigenvalue weighted by molar-refractivity contribution is -0.121. The highest BCUT2D eigenvalue weighted by atomic mass is 16.2. The molecule has 21 heavy (non-hydrogen) atoms. The lowest BCUT2D eigenvalue weighted by Gasteiger charge is -2.35. The van der Waals surface area contributed by atoms with E-state index in [4.69, 9.17) is 0 Å². The first-order valence-electron chi connectivity index (χ1n) is 8.00. The number of anilines is 1. The lowest BCUT2D eigenvalue weighted by Crippen LogP contribution is -2.47. The summed E-state index contributed by atoms with van der Waals surface area (Å²) < 4.78 is 0. The third-order valence-electron chi connectivity index (χ3n) is 4.05. The zero-order valence-electron chi connectivity index (χ0n) is 13.1. The van der Waals surface area contributed by atoms with Crippen molar-refractivity contribution in [1.29, 1.82) is 0 Å². The van der Waals surface area contributed by atoms with E-state index in [9.17, 15) is 4.79 Å². The number of hydrogen-bond acceptors (Lipinski definition) is 2. The molecule has 0 heterocycles. The SMILES string of the molecule is CCCN(C1C=CCCC1)C(C)C(=O)Nc1ccccc1. The largest absolute Gasteiger partial charge is 0.325 e. The minimum Gasteiger partial charge on any atom is -0.325 e. The van der Waals surface area contributed by atoms with Crippen molar-refractivity contribution in [3.63, 3.8) is 0 Å². The fourth-order valence-electron chi connectivity index (χ4n) is 2.89. The van der Waals surface area contributed by atoms with Crippen molar-refractivity contribution in [3.05, 3.63) is 42.5 Å². The van der Waals surface area contributed by atoms with Crippen molar-refractivity contribution in [1.82, 2.24) is 4.90 Å². The van der Waals surface area contributed by atoms with Gasteiger partial charge in [-0.3, -0.25) is 9.69 Å². The third-order valence-corrected chi connectivity index (χ3v) is 4.05. The number of nitrogens with zero attached hydrogens (tertiary/aromatic N) is 1. The predicted molar refractivity (Wildman–Crippen MR) is 88.3 cm³/mol. The summed E-state index contributed by atoms with van der Waals surface area (Å²) in [4.78, 5) is 14.8.